The smallest absolute Gasteiger partial charge is 0.127 e. The minimum absolute atomic E-state index is 0.00770. The Morgan fingerprint density at radius 2 is 1.70 bits per heavy atom. The summed E-state index contributed by atoms with van der Waals surface area (Å²) < 4.78 is 0. The Balaban J connectivity index is 1.91. The summed E-state index contributed by atoms with van der Waals surface area (Å²) in [4.78, 5) is 2.32. The fraction of sp³-hybridized carbons (Fsp3) is 0.600. The predicted molar refractivity (Wildman–Crippen MR) is 76.0 cm³/mol. The topological polar surface area (TPSA) is 76.0 Å². The van der Waals surface area contributed by atoms with Gasteiger partial charge in [0.15, 0.2) is 0 Å². The van der Waals surface area contributed by atoms with E-state index in [0.717, 1.165) is 32.6 Å². The lowest BCUT2D eigenvalue weighted by molar-refractivity contribution is 0.155. The normalized spacial score (nSPS) is 21.8. The molecule has 1 aliphatic heterocycles. The number of hydrogen-bond donors (Lipinski definition) is 4. The molecule has 4 N–H and O–H groups in total. The first-order chi connectivity index (χ1) is 9.65. The molecule has 0 amide bonds. The Bertz CT molecular complexity index is 459. The number of benzene rings is 1. The predicted octanol–water partition coefficient (Wildman–Crippen LogP) is 1.55. The van der Waals surface area contributed by atoms with Crippen LogP contribution < -0.4 is 5.32 Å². The molecule has 1 saturated carbocycles. The van der Waals surface area contributed by atoms with Crippen LogP contribution in [-0.4, -0.2) is 46.4 Å². The van der Waals surface area contributed by atoms with Crippen molar-refractivity contribution < 1.29 is 15.3 Å². The first kappa shape index (κ1) is 13.5. The summed E-state index contributed by atoms with van der Waals surface area (Å²) in [6, 6.07) is 2.67. The highest BCUT2D eigenvalue weighted by molar-refractivity contribution is 5.50. The summed E-state index contributed by atoms with van der Waals surface area (Å²) in [5.41, 5.74) is 0.566. The van der Waals surface area contributed by atoms with Gasteiger partial charge >= 0.3 is 0 Å². The standard InChI is InChI=1S/C15H22N2O3/c18-11-8-13(19)15(14(20)9-11)12(7-10-1-2-10)17-5-3-16-4-6-17/h8-10,12,16,18-20H,1-7H2/t12-/m0/s1. The maximum Gasteiger partial charge on any atom is 0.127 e. The minimum atomic E-state index is -0.103. The van der Waals surface area contributed by atoms with Crippen molar-refractivity contribution in [2.75, 3.05) is 26.2 Å². The fourth-order valence-corrected chi connectivity index (χ4v) is 3.06. The molecule has 2 aliphatic rings. The van der Waals surface area contributed by atoms with Crippen LogP contribution in [0.1, 0.15) is 30.9 Å². The number of hydrogen-bond acceptors (Lipinski definition) is 5. The molecule has 0 aromatic heterocycles. The van der Waals surface area contributed by atoms with Crippen LogP contribution >= 0.6 is 0 Å². The average Bonchev–Trinajstić information content (AvgIpc) is 3.21. The highest BCUT2D eigenvalue weighted by Crippen LogP contribution is 2.46. The Labute approximate surface area is 118 Å². The van der Waals surface area contributed by atoms with Gasteiger partial charge in [-0.1, -0.05) is 12.8 Å². The molecule has 1 saturated heterocycles. The van der Waals surface area contributed by atoms with Gasteiger partial charge in [-0.15, -0.1) is 0 Å². The maximum atomic E-state index is 10.1. The molecule has 1 aliphatic carbocycles. The Kier molecular flexibility index (Phi) is 3.72. The van der Waals surface area contributed by atoms with Gasteiger partial charge in [0.25, 0.3) is 0 Å². The van der Waals surface area contributed by atoms with Crippen molar-refractivity contribution in [2.24, 2.45) is 5.92 Å². The van der Waals surface area contributed by atoms with Gasteiger partial charge in [0.2, 0.25) is 0 Å². The van der Waals surface area contributed by atoms with Crippen LogP contribution in [0.15, 0.2) is 12.1 Å². The number of phenolic OH excluding ortho intramolecular Hbond substituents is 3. The van der Waals surface area contributed by atoms with Crippen molar-refractivity contribution in [3.8, 4) is 17.2 Å². The van der Waals surface area contributed by atoms with Crippen molar-refractivity contribution in [3.05, 3.63) is 17.7 Å². The highest BCUT2D eigenvalue weighted by atomic mass is 16.3. The van der Waals surface area contributed by atoms with E-state index in [4.69, 9.17) is 0 Å². The van der Waals surface area contributed by atoms with E-state index in [1.54, 1.807) is 0 Å². The second-order valence-electron chi connectivity index (χ2n) is 5.88. The van der Waals surface area contributed by atoms with Crippen LogP contribution in [0, 0.1) is 5.92 Å². The average molecular weight is 278 g/mol. The van der Waals surface area contributed by atoms with E-state index in [9.17, 15) is 15.3 Å². The number of piperazine rings is 1. The molecule has 3 rings (SSSR count). The van der Waals surface area contributed by atoms with Crippen LogP contribution in [0.3, 0.4) is 0 Å². The molecule has 20 heavy (non-hydrogen) atoms. The van der Waals surface area contributed by atoms with E-state index in [0.29, 0.717) is 11.5 Å². The molecule has 0 bridgehead atoms. The Hall–Kier alpha value is -1.46. The number of nitrogens with one attached hydrogen (secondary N) is 1. The third-order valence-corrected chi connectivity index (χ3v) is 4.30. The zero-order valence-electron chi connectivity index (χ0n) is 11.5. The molecule has 1 aromatic rings. The van der Waals surface area contributed by atoms with Gasteiger partial charge in [-0.05, 0) is 12.3 Å². The molecular weight excluding hydrogens is 256 g/mol. The zero-order chi connectivity index (χ0) is 14.1. The first-order valence-electron chi connectivity index (χ1n) is 7.34. The molecule has 5 heteroatoms. The monoisotopic (exact) mass is 278 g/mol. The minimum Gasteiger partial charge on any atom is -0.508 e. The van der Waals surface area contributed by atoms with Gasteiger partial charge < -0.3 is 20.6 Å². The van der Waals surface area contributed by atoms with Gasteiger partial charge in [-0.2, -0.15) is 0 Å². The third-order valence-electron chi connectivity index (χ3n) is 4.30. The summed E-state index contributed by atoms with van der Waals surface area (Å²) in [6.07, 6.45) is 3.44. The van der Waals surface area contributed by atoms with E-state index in [1.165, 1.54) is 25.0 Å². The molecule has 1 heterocycles. The van der Waals surface area contributed by atoms with Crippen LogP contribution in [0.5, 0.6) is 17.2 Å². The quantitative estimate of drug-likeness (QED) is 0.672. The SMILES string of the molecule is Oc1cc(O)c([C@H](CC2CC2)N2CCNCC2)c(O)c1. The molecule has 2 fully saturated rings. The van der Waals surface area contributed by atoms with Gasteiger partial charge in [0.1, 0.15) is 17.2 Å². The number of nitrogens with zero attached hydrogens (tertiary/aromatic N) is 1. The number of aromatic hydroxyl groups is 3. The zero-order valence-corrected chi connectivity index (χ0v) is 11.5. The summed E-state index contributed by atoms with van der Waals surface area (Å²) in [6.45, 7) is 3.69. The first-order valence-corrected chi connectivity index (χ1v) is 7.34. The second kappa shape index (κ2) is 5.50. The summed E-state index contributed by atoms with van der Waals surface area (Å²) in [5.74, 6) is 0.579. The molecule has 5 nitrogen and oxygen atoms in total. The van der Waals surface area contributed by atoms with Crippen molar-refractivity contribution in [1.82, 2.24) is 10.2 Å². The highest BCUT2D eigenvalue weighted by Gasteiger charge is 2.33. The van der Waals surface area contributed by atoms with Crippen molar-refractivity contribution in [3.63, 3.8) is 0 Å². The van der Waals surface area contributed by atoms with Gasteiger partial charge in [0, 0.05) is 44.4 Å². The molecular formula is C15H22N2O3. The largest absolute Gasteiger partial charge is 0.508 e. The Morgan fingerprint density at radius 1 is 1.10 bits per heavy atom. The number of rotatable bonds is 4. The molecule has 0 spiro atoms. The van der Waals surface area contributed by atoms with Crippen LogP contribution in [0.4, 0.5) is 0 Å². The van der Waals surface area contributed by atoms with Gasteiger partial charge in [-0.25, -0.2) is 0 Å². The lowest BCUT2D eigenvalue weighted by atomic mass is 9.96. The van der Waals surface area contributed by atoms with Crippen LogP contribution in [0.25, 0.3) is 0 Å². The lowest BCUT2D eigenvalue weighted by Crippen LogP contribution is -2.45. The van der Waals surface area contributed by atoms with E-state index in [2.05, 4.69) is 10.2 Å². The lowest BCUT2D eigenvalue weighted by Gasteiger charge is -2.36. The van der Waals surface area contributed by atoms with Crippen molar-refractivity contribution in [2.45, 2.75) is 25.3 Å². The van der Waals surface area contributed by atoms with E-state index in [1.807, 2.05) is 0 Å². The van der Waals surface area contributed by atoms with E-state index < -0.39 is 0 Å². The molecule has 110 valence electrons. The van der Waals surface area contributed by atoms with Crippen molar-refractivity contribution in [1.29, 1.82) is 0 Å². The molecule has 0 unspecified atom stereocenters. The van der Waals surface area contributed by atoms with Crippen molar-refractivity contribution >= 4 is 0 Å². The number of phenols is 3. The second-order valence-corrected chi connectivity index (χ2v) is 5.88. The van der Waals surface area contributed by atoms with E-state index in [-0.39, 0.29) is 23.3 Å². The fourth-order valence-electron chi connectivity index (χ4n) is 3.06. The van der Waals surface area contributed by atoms with Gasteiger partial charge in [-0.3, -0.25) is 4.90 Å². The van der Waals surface area contributed by atoms with Gasteiger partial charge in [0.05, 0.1) is 5.56 Å². The summed E-state index contributed by atoms with van der Waals surface area (Å²) in [7, 11) is 0. The third kappa shape index (κ3) is 2.83. The molecule has 1 aromatic carbocycles. The molecule has 0 radical (unpaired) electrons. The maximum absolute atomic E-state index is 10.1. The van der Waals surface area contributed by atoms with Crippen LogP contribution in [-0.2, 0) is 0 Å². The van der Waals surface area contributed by atoms with Crippen LogP contribution in [0.2, 0.25) is 0 Å². The molecule has 1 atom stereocenters. The summed E-state index contributed by atoms with van der Waals surface area (Å²) in [5, 5.41) is 33.1. The van der Waals surface area contributed by atoms with E-state index >= 15 is 0 Å². The summed E-state index contributed by atoms with van der Waals surface area (Å²) >= 11 is 0. The Morgan fingerprint density at radius 3 is 2.25 bits per heavy atom.